The molecular weight excluding hydrogens is 577 g/mol. The Balaban J connectivity index is 4.18. The first-order chi connectivity index (χ1) is 21.4. The summed E-state index contributed by atoms with van der Waals surface area (Å²) >= 11 is 0. The van der Waals surface area contributed by atoms with Gasteiger partial charge in [-0.2, -0.15) is 0 Å². The minimum absolute atomic E-state index is 0.0311. The lowest BCUT2D eigenvalue weighted by molar-refractivity contribution is -0.153. The molecule has 0 aromatic heterocycles. The number of allylic oxidation sites excluding steroid dienone is 3. The van der Waals surface area contributed by atoms with Gasteiger partial charge in [-0.15, -0.1) is 0 Å². The molecule has 0 aliphatic rings. The summed E-state index contributed by atoms with van der Waals surface area (Å²) in [6, 6.07) is 0. The molecule has 0 saturated carbocycles. The molecule has 0 aliphatic heterocycles. The SMILES string of the molecule is CCCCC=CCCCCCCCC(=O)OC(COC=CCCCCCCCCCCCCCC)COP(=O)(O)OCCN. The third kappa shape index (κ3) is 32.2. The highest BCUT2D eigenvalue weighted by molar-refractivity contribution is 7.47. The summed E-state index contributed by atoms with van der Waals surface area (Å²) in [5, 5.41) is 0. The summed E-state index contributed by atoms with van der Waals surface area (Å²) in [4.78, 5) is 22.3. The molecule has 0 bridgehead atoms. The number of rotatable bonds is 34. The third-order valence-electron chi connectivity index (χ3n) is 7.44. The zero-order valence-corrected chi connectivity index (χ0v) is 29.3. The number of phosphoric ester groups is 1. The molecule has 0 rings (SSSR count). The highest BCUT2D eigenvalue weighted by Gasteiger charge is 2.25. The summed E-state index contributed by atoms with van der Waals surface area (Å²) in [5.74, 6) is -0.364. The van der Waals surface area contributed by atoms with Gasteiger partial charge in [-0.3, -0.25) is 13.8 Å². The van der Waals surface area contributed by atoms with E-state index in [0.29, 0.717) is 6.42 Å². The Hall–Kier alpha value is -1.18. The Labute approximate surface area is 270 Å². The number of carbonyl (C=O) groups excluding carboxylic acids is 1. The van der Waals surface area contributed by atoms with Crippen LogP contribution >= 0.6 is 7.82 Å². The summed E-state index contributed by atoms with van der Waals surface area (Å²) in [5.41, 5.74) is 5.33. The van der Waals surface area contributed by atoms with E-state index in [4.69, 9.17) is 24.3 Å². The molecule has 0 spiro atoms. The molecule has 260 valence electrons. The minimum Gasteiger partial charge on any atom is -0.498 e. The molecule has 0 amide bonds. The van der Waals surface area contributed by atoms with Crippen molar-refractivity contribution in [2.24, 2.45) is 5.73 Å². The molecule has 0 aromatic rings. The fourth-order valence-corrected chi connectivity index (χ4v) is 5.53. The van der Waals surface area contributed by atoms with Crippen molar-refractivity contribution in [1.82, 2.24) is 0 Å². The molecule has 2 unspecified atom stereocenters. The fourth-order valence-electron chi connectivity index (χ4n) is 4.77. The van der Waals surface area contributed by atoms with Crippen LogP contribution in [0.3, 0.4) is 0 Å². The predicted octanol–water partition coefficient (Wildman–Crippen LogP) is 10.1. The predicted molar refractivity (Wildman–Crippen MR) is 182 cm³/mol. The number of phosphoric acid groups is 1. The maximum atomic E-state index is 12.4. The average molecular weight is 646 g/mol. The van der Waals surface area contributed by atoms with Gasteiger partial charge in [0.2, 0.25) is 0 Å². The number of hydrogen-bond donors (Lipinski definition) is 2. The number of hydrogen-bond acceptors (Lipinski definition) is 7. The summed E-state index contributed by atoms with van der Waals surface area (Å²) in [6.45, 7) is 4.18. The molecule has 44 heavy (non-hydrogen) atoms. The van der Waals surface area contributed by atoms with Crippen LogP contribution in [0.15, 0.2) is 24.5 Å². The second-order valence-corrected chi connectivity index (χ2v) is 13.3. The van der Waals surface area contributed by atoms with Crippen LogP contribution in [-0.2, 0) is 27.9 Å². The van der Waals surface area contributed by atoms with E-state index in [9.17, 15) is 14.3 Å². The standard InChI is InChI=1S/C35H68NO7P/c1-3-5-7-9-11-13-15-16-17-19-21-23-25-27-30-40-32-34(33-42-44(38,39)41-31-29-36)43-35(37)28-26-24-22-20-18-14-12-10-8-6-4-2/h10,12,27,30,34H,3-9,11,13-26,28-29,31-33,36H2,1-2H3,(H,38,39). The first-order valence-electron chi connectivity index (χ1n) is 17.9. The minimum atomic E-state index is -4.28. The van der Waals surface area contributed by atoms with Crippen molar-refractivity contribution in [3.8, 4) is 0 Å². The number of ether oxygens (including phenoxy) is 2. The van der Waals surface area contributed by atoms with Gasteiger partial charge in [0.05, 0.1) is 19.5 Å². The van der Waals surface area contributed by atoms with Gasteiger partial charge in [0.1, 0.15) is 6.61 Å². The molecule has 0 radical (unpaired) electrons. The highest BCUT2D eigenvalue weighted by atomic mass is 31.2. The lowest BCUT2D eigenvalue weighted by Crippen LogP contribution is -2.27. The van der Waals surface area contributed by atoms with Gasteiger partial charge < -0.3 is 20.1 Å². The van der Waals surface area contributed by atoms with E-state index in [-0.39, 0.29) is 32.3 Å². The molecule has 0 saturated heterocycles. The second kappa shape index (κ2) is 33.2. The molecule has 0 heterocycles. The van der Waals surface area contributed by atoms with E-state index in [1.807, 2.05) is 6.08 Å². The highest BCUT2D eigenvalue weighted by Crippen LogP contribution is 2.43. The van der Waals surface area contributed by atoms with E-state index < -0.39 is 13.9 Å². The van der Waals surface area contributed by atoms with Crippen LogP contribution in [0.5, 0.6) is 0 Å². The molecule has 3 N–H and O–H groups in total. The van der Waals surface area contributed by atoms with Gasteiger partial charge in [-0.05, 0) is 44.6 Å². The van der Waals surface area contributed by atoms with E-state index >= 15 is 0 Å². The Kier molecular flexibility index (Phi) is 32.3. The molecule has 2 atom stereocenters. The number of carbonyl (C=O) groups is 1. The number of esters is 1. The van der Waals surface area contributed by atoms with Crippen molar-refractivity contribution in [2.75, 3.05) is 26.4 Å². The van der Waals surface area contributed by atoms with Gasteiger partial charge in [0.25, 0.3) is 0 Å². The summed E-state index contributed by atoms with van der Waals surface area (Å²) in [6.07, 6.45) is 34.2. The first kappa shape index (κ1) is 42.8. The fraction of sp³-hybridized carbons (Fsp3) is 0.857. The van der Waals surface area contributed by atoms with Crippen molar-refractivity contribution in [1.29, 1.82) is 0 Å². The van der Waals surface area contributed by atoms with E-state index in [1.54, 1.807) is 6.26 Å². The largest absolute Gasteiger partial charge is 0.498 e. The topological polar surface area (TPSA) is 117 Å². The number of nitrogens with two attached hydrogens (primary N) is 1. The Morgan fingerprint density at radius 3 is 1.75 bits per heavy atom. The van der Waals surface area contributed by atoms with Crippen LogP contribution < -0.4 is 5.73 Å². The van der Waals surface area contributed by atoms with Crippen molar-refractivity contribution in [3.63, 3.8) is 0 Å². The summed E-state index contributed by atoms with van der Waals surface area (Å²) < 4.78 is 32.9. The van der Waals surface area contributed by atoms with E-state index in [0.717, 1.165) is 44.9 Å². The zero-order valence-electron chi connectivity index (χ0n) is 28.4. The maximum absolute atomic E-state index is 12.4. The summed E-state index contributed by atoms with van der Waals surface area (Å²) in [7, 11) is -4.28. The van der Waals surface area contributed by atoms with Crippen molar-refractivity contribution < 1.29 is 32.8 Å². The van der Waals surface area contributed by atoms with Gasteiger partial charge in [-0.1, -0.05) is 129 Å². The smallest absolute Gasteiger partial charge is 0.472 e. The monoisotopic (exact) mass is 645 g/mol. The van der Waals surface area contributed by atoms with Crippen LogP contribution in [0.2, 0.25) is 0 Å². The Bertz CT molecular complexity index is 732. The van der Waals surface area contributed by atoms with Gasteiger partial charge in [-0.25, -0.2) is 4.57 Å². The molecule has 9 heteroatoms. The molecular formula is C35H68NO7P. The van der Waals surface area contributed by atoms with Crippen LogP contribution in [0.4, 0.5) is 0 Å². The van der Waals surface area contributed by atoms with Crippen LogP contribution in [-0.4, -0.2) is 43.3 Å². The van der Waals surface area contributed by atoms with Crippen molar-refractivity contribution in [2.45, 2.75) is 168 Å². The van der Waals surface area contributed by atoms with Gasteiger partial charge in [0.15, 0.2) is 6.10 Å². The number of unbranched alkanes of at least 4 members (excludes halogenated alkanes) is 19. The second-order valence-electron chi connectivity index (χ2n) is 11.8. The normalized spacial score (nSPS) is 13.9. The quantitative estimate of drug-likeness (QED) is 0.0233. The van der Waals surface area contributed by atoms with E-state index in [1.165, 1.54) is 96.3 Å². The molecule has 0 aromatic carbocycles. The maximum Gasteiger partial charge on any atom is 0.472 e. The lowest BCUT2D eigenvalue weighted by Gasteiger charge is -2.19. The zero-order chi connectivity index (χ0) is 32.4. The van der Waals surface area contributed by atoms with Gasteiger partial charge >= 0.3 is 13.8 Å². The molecule has 8 nitrogen and oxygen atoms in total. The van der Waals surface area contributed by atoms with Crippen LogP contribution in [0.25, 0.3) is 0 Å². The van der Waals surface area contributed by atoms with Crippen LogP contribution in [0, 0.1) is 0 Å². The Morgan fingerprint density at radius 2 is 1.18 bits per heavy atom. The van der Waals surface area contributed by atoms with Crippen LogP contribution in [0.1, 0.15) is 162 Å². The van der Waals surface area contributed by atoms with E-state index in [2.05, 4.69) is 26.0 Å². The lowest BCUT2D eigenvalue weighted by atomic mass is 10.0. The Morgan fingerprint density at radius 1 is 0.682 bits per heavy atom. The third-order valence-corrected chi connectivity index (χ3v) is 8.42. The van der Waals surface area contributed by atoms with Crippen molar-refractivity contribution in [3.05, 3.63) is 24.5 Å². The first-order valence-corrected chi connectivity index (χ1v) is 19.4. The van der Waals surface area contributed by atoms with Crippen molar-refractivity contribution >= 4 is 13.8 Å². The molecule has 0 fully saturated rings. The molecule has 0 aliphatic carbocycles. The van der Waals surface area contributed by atoms with Gasteiger partial charge in [0, 0.05) is 13.0 Å². The average Bonchev–Trinajstić information content (AvgIpc) is 3.01.